The molecule has 0 radical (unpaired) electrons. The first kappa shape index (κ1) is 18.4. The van der Waals surface area contributed by atoms with Crippen molar-refractivity contribution in [1.82, 2.24) is 14.6 Å². The summed E-state index contributed by atoms with van der Waals surface area (Å²) in [6.07, 6.45) is 6.46. The van der Waals surface area contributed by atoms with E-state index in [1.807, 2.05) is 38.5 Å². The van der Waals surface area contributed by atoms with Crippen molar-refractivity contribution in [2.45, 2.75) is 31.1 Å². The fourth-order valence-electron chi connectivity index (χ4n) is 3.41. The topological polar surface area (TPSA) is 76.3 Å². The second-order valence-electron chi connectivity index (χ2n) is 7.09. The van der Waals surface area contributed by atoms with Crippen molar-refractivity contribution < 1.29 is 8.42 Å². The first-order chi connectivity index (χ1) is 13.4. The molecule has 6 nitrogen and oxygen atoms in total. The Morgan fingerprint density at radius 2 is 1.86 bits per heavy atom. The van der Waals surface area contributed by atoms with E-state index in [1.54, 1.807) is 28.9 Å². The number of rotatable bonds is 4. The van der Waals surface area contributed by atoms with Crippen molar-refractivity contribution in [2.75, 3.05) is 0 Å². The predicted molar refractivity (Wildman–Crippen MR) is 110 cm³/mol. The maximum atomic E-state index is 12.5. The molecule has 1 heterocycles. The van der Waals surface area contributed by atoms with E-state index in [-0.39, 0.29) is 4.90 Å². The summed E-state index contributed by atoms with van der Waals surface area (Å²) in [4.78, 5) is 2.62. The van der Waals surface area contributed by atoms with Crippen molar-refractivity contribution in [2.24, 2.45) is 12.1 Å². The third kappa shape index (κ3) is 3.71. The van der Waals surface area contributed by atoms with Gasteiger partial charge in [-0.1, -0.05) is 35.9 Å². The molecule has 1 aliphatic rings. The Morgan fingerprint density at radius 1 is 1.07 bits per heavy atom. The second-order valence-corrected chi connectivity index (χ2v) is 8.76. The Kier molecular flexibility index (Phi) is 4.77. The minimum Gasteiger partial charge on any atom is -0.275 e. The number of aryl methyl sites for hydroxylation is 3. The molecule has 0 bridgehead atoms. The van der Waals surface area contributed by atoms with Crippen LogP contribution in [0, 0.1) is 6.92 Å². The molecule has 1 aliphatic carbocycles. The average Bonchev–Trinajstić information content (AvgIpc) is 3.12. The summed E-state index contributed by atoms with van der Waals surface area (Å²) in [7, 11) is -1.78. The highest BCUT2D eigenvalue weighted by atomic mass is 32.2. The summed E-state index contributed by atoms with van der Waals surface area (Å²) >= 11 is 0. The minimum absolute atomic E-state index is 0.213. The van der Waals surface area contributed by atoms with E-state index >= 15 is 0 Å². The van der Waals surface area contributed by atoms with Crippen molar-refractivity contribution in [3.8, 4) is 11.1 Å². The molecule has 0 amide bonds. The molecule has 7 heteroatoms. The van der Waals surface area contributed by atoms with Crippen molar-refractivity contribution in [3.63, 3.8) is 0 Å². The van der Waals surface area contributed by atoms with Crippen LogP contribution in [0.2, 0.25) is 0 Å². The van der Waals surface area contributed by atoms with Crippen LogP contribution >= 0.6 is 0 Å². The number of sulfonamides is 1. The molecule has 2 aromatic carbocycles. The van der Waals surface area contributed by atoms with Crippen LogP contribution in [0.4, 0.5) is 0 Å². The number of hydrogen-bond donors (Lipinski definition) is 1. The van der Waals surface area contributed by atoms with Crippen LogP contribution in [-0.2, 0) is 23.5 Å². The summed E-state index contributed by atoms with van der Waals surface area (Å²) in [5, 5.41) is 8.49. The lowest BCUT2D eigenvalue weighted by Crippen LogP contribution is -2.22. The Hall–Kier alpha value is -2.93. The van der Waals surface area contributed by atoms with Crippen LogP contribution in [0.3, 0.4) is 0 Å². The summed E-state index contributed by atoms with van der Waals surface area (Å²) in [5.41, 5.74) is 6.14. The van der Waals surface area contributed by atoms with Crippen LogP contribution in [0.15, 0.2) is 64.9 Å². The first-order valence-electron chi connectivity index (χ1n) is 9.20. The summed E-state index contributed by atoms with van der Waals surface area (Å²) < 4.78 is 26.8. The van der Waals surface area contributed by atoms with Crippen LogP contribution < -0.4 is 4.83 Å². The van der Waals surface area contributed by atoms with Gasteiger partial charge in [0.2, 0.25) is 0 Å². The molecule has 1 aromatic heterocycles. The fraction of sp³-hybridized carbons (Fsp3) is 0.238. The summed E-state index contributed by atoms with van der Waals surface area (Å²) in [5.74, 6) is 0. The van der Waals surface area contributed by atoms with Crippen molar-refractivity contribution >= 4 is 15.7 Å². The second kappa shape index (κ2) is 7.24. The molecule has 28 heavy (non-hydrogen) atoms. The summed E-state index contributed by atoms with van der Waals surface area (Å²) in [6.45, 7) is 1.92. The van der Waals surface area contributed by atoms with E-state index in [4.69, 9.17) is 0 Å². The maximum absolute atomic E-state index is 12.5. The van der Waals surface area contributed by atoms with Crippen molar-refractivity contribution in [1.29, 1.82) is 0 Å². The quantitative estimate of drug-likeness (QED) is 0.689. The van der Waals surface area contributed by atoms with E-state index in [2.05, 4.69) is 21.1 Å². The zero-order chi connectivity index (χ0) is 19.7. The van der Waals surface area contributed by atoms with E-state index in [0.29, 0.717) is 0 Å². The van der Waals surface area contributed by atoms with Crippen LogP contribution in [-0.4, -0.2) is 23.9 Å². The largest absolute Gasteiger partial charge is 0.276 e. The minimum atomic E-state index is -3.68. The first-order valence-corrected chi connectivity index (χ1v) is 10.7. The molecule has 3 aromatic rings. The highest BCUT2D eigenvalue weighted by Crippen LogP contribution is 2.27. The lowest BCUT2D eigenvalue weighted by molar-refractivity contribution is 0.584. The number of hydrogen-bond acceptors (Lipinski definition) is 4. The van der Waals surface area contributed by atoms with E-state index < -0.39 is 10.0 Å². The molecule has 0 fully saturated rings. The van der Waals surface area contributed by atoms with E-state index in [0.717, 1.165) is 47.2 Å². The van der Waals surface area contributed by atoms with E-state index in [1.165, 1.54) is 5.56 Å². The van der Waals surface area contributed by atoms with Gasteiger partial charge in [-0.15, -0.1) is 0 Å². The predicted octanol–water partition coefficient (Wildman–Crippen LogP) is 3.41. The third-order valence-corrected chi connectivity index (χ3v) is 6.17. The SMILES string of the molecule is Cc1ccc(S(=O)(=O)NN=C2CCCc3cc(-c4cnn(C)c4)ccc32)cc1. The summed E-state index contributed by atoms with van der Waals surface area (Å²) in [6, 6.07) is 12.9. The van der Waals surface area contributed by atoms with Crippen LogP contribution in [0.25, 0.3) is 11.1 Å². The van der Waals surface area contributed by atoms with E-state index in [9.17, 15) is 8.42 Å². The number of nitrogens with one attached hydrogen (secondary N) is 1. The highest BCUT2D eigenvalue weighted by Gasteiger charge is 2.19. The lowest BCUT2D eigenvalue weighted by atomic mass is 9.88. The van der Waals surface area contributed by atoms with Gasteiger partial charge in [0.25, 0.3) is 10.0 Å². The zero-order valence-corrected chi connectivity index (χ0v) is 16.7. The van der Waals surface area contributed by atoms with Gasteiger partial charge in [-0.05, 0) is 49.4 Å². The Bertz CT molecular complexity index is 1150. The van der Waals surface area contributed by atoms with Gasteiger partial charge in [0.15, 0.2) is 0 Å². The zero-order valence-electron chi connectivity index (χ0n) is 15.9. The van der Waals surface area contributed by atoms with Gasteiger partial charge in [0.05, 0.1) is 16.8 Å². The smallest absolute Gasteiger partial charge is 0.275 e. The van der Waals surface area contributed by atoms with Gasteiger partial charge >= 0.3 is 0 Å². The van der Waals surface area contributed by atoms with Crippen LogP contribution in [0.5, 0.6) is 0 Å². The molecule has 0 saturated carbocycles. The monoisotopic (exact) mass is 394 g/mol. The molecular formula is C21H22N4O2S. The van der Waals surface area contributed by atoms with Gasteiger partial charge in [0, 0.05) is 24.4 Å². The number of nitrogens with zero attached hydrogens (tertiary/aromatic N) is 3. The molecule has 0 aliphatic heterocycles. The Morgan fingerprint density at radius 3 is 2.57 bits per heavy atom. The molecule has 0 atom stereocenters. The Balaban J connectivity index is 1.61. The molecule has 0 saturated heterocycles. The standard InChI is InChI=1S/C21H22N4O2S/c1-15-6-9-19(10-7-15)28(26,27)24-23-21-5-3-4-17-12-16(8-11-20(17)21)18-13-22-25(2)14-18/h6-14,24H,3-5H2,1-2H3. The average molecular weight is 395 g/mol. The Labute approximate surface area is 165 Å². The molecule has 0 unspecified atom stereocenters. The van der Waals surface area contributed by atoms with Crippen LogP contribution in [0.1, 0.15) is 29.5 Å². The number of hydrazone groups is 1. The van der Waals surface area contributed by atoms with Gasteiger partial charge in [-0.3, -0.25) is 4.68 Å². The number of fused-ring (bicyclic) bond motifs is 1. The lowest BCUT2D eigenvalue weighted by Gasteiger charge is -2.19. The fourth-order valence-corrected chi connectivity index (χ4v) is 4.24. The van der Waals surface area contributed by atoms with Crippen molar-refractivity contribution in [3.05, 3.63) is 71.5 Å². The maximum Gasteiger partial charge on any atom is 0.276 e. The van der Waals surface area contributed by atoms with Gasteiger partial charge < -0.3 is 0 Å². The third-order valence-electron chi connectivity index (χ3n) is 4.95. The van der Waals surface area contributed by atoms with Gasteiger partial charge in [0.1, 0.15) is 0 Å². The number of aromatic nitrogens is 2. The molecular weight excluding hydrogens is 372 g/mol. The number of benzene rings is 2. The highest BCUT2D eigenvalue weighted by molar-refractivity contribution is 7.89. The normalized spacial score (nSPS) is 15.4. The molecule has 144 valence electrons. The van der Waals surface area contributed by atoms with Gasteiger partial charge in [-0.2, -0.15) is 23.4 Å². The van der Waals surface area contributed by atoms with Gasteiger partial charge in [-0.25, -0.2) is 0 Å². The molecule has 0 spiro atoms. The molecule has 1 N–H and O–H groups in total. The molecule has 4 rings (SSSR count).